The molecule has 1 fully saturated rings. The number of carbonyl (C=O) groups excluding carboxylic acids is 1. The van der Waals surface area contributed by atoms with Crippen molar-refractivity contribution < 1.29 is 9.21 Å². The molecule has 0 aromatic carbocycles. The molecule has 21 heavy (non-hydrogen) atoms. The lowest BCUT2D eigenvalue weighted by Crippen LogP contribution is -2.48. The van der Waals surface area contributed by atoms with Gasteiger partial charge in [0.1, 0.15) is 0 Å². The summed E-state index contributed by atoms with van der Waals surface area (Å²) in [4.78, 5) is 18.0. The van der Waals surface area contributed by atoms with E-state index in [2.05, 4.69) is 33.0 Å². The predicted octanol–water partition coefficient (Wildman–Crippen LogP) is 3.37. The smallest absolute Gasteiger partial charge is 0.289 e. The molecule has 1 aliphatic heterocycles. The molecule has 0 aliphatic carbocycles. The van der Waals surface area contributed by atoms with Crippen LogP contribution >= 0.6 is 27.3 Å². The minimum atomic E-state index is 0.0102. The molecule has 3 rings (SSSR count). The molecule has 3 heterocycles. The van der Waals surface area contributed by atoms with Gasteiger partial charge in [0.2, 0.25) is 0 Å². The topological polar surface area (TPSA) is 36.7 Å². The van der Waals surface area contributed by atoms with Crippen molar-refractivity contribution >= 4 is 33.2 Å². The lowest BCUT2D eigenvalue weighted by molar-refractivity contribution is 0.0598. The summed E-state index contributed by atoms with van der Waals surface area (Å²) in [5, 5.41) is 0. The second-order valence-electron chi connectivity index (χ2n) is 5.21. The summed E-state index contributed by atoms with van der Waals surface area (Å²) in [5.41, 5.74) is 0.908. The molecule has 2 aromatic rings. The number of amides is 1. The highest BCUT2D eigenvalue weighted by molar-refractivity contribution is 9.11. The largest absolute Gasteiger partial charge is 0.459 e. The zero-order valence-corrected chi connectivity index (χ0v) is 14.2. The number of carbonyl (C=O) groups is 1. The van der Waals surface area contributed by atoms with Gasteiger partial charge in [0.15, 0.2) is 5.76 Å². The number of hydrogen-bond acceptors (Lipinski definition) is 4. The van der Waals surface area contributed by atoms with E-state index in [1.807, 2.05) is 17.9 Å². The van der Waals surface area contributed by atoms with Crippen molar-refractivity contribution in [3.63, 3.8) is 0 Å². The Balaban J connectivity index is 1.55. The van der Waals surface area contributed by atoms with Crippen molar-refractivity contribution in [3.8, 4) is 0 Å². The molecule has 1 amide bonds. The van der Waals surface area contributed by atoms with Crippen molar-refractivity contribution in [2.45, 2.75) is 13.5 Å². The molecular formula is C15H17BrN2O2S. The van der Waals surface area contributed by atoms with Crippen LogP contribution in [0.5, 0.6) is 0 Å². The van der Waals surface area contributed by atoms with Gasteiger partial charge in [-0.15, -0.1) is 11.3 Å². The Morgan fingerprint density at radius 3 is 2.62 bits per heavy atom. The number of nitrogens with zero attached hydrogens (tertiary/aromatic N) is 2. The first kappa shape index (κ1) is 14.8. The molecule has 6 heteroatoms. The third-order valence-corrected chi connectivity index (χ3v) is 5.33. The average Bonchev–Trinajstić information content (AvgIpc) is 3.08. The standard InChI is InChI=1S/C15H17BrN2O2S/c1-11-4-9-20-14(11)15(19)18-7-5-17(6-8-18)10-12-2-3-13(16)21-12/h2-4,9H,5-8,10H2,1H3. The van der Waals surface area contributed by atoms with Gasteiger partial charge in [-0.2, -0.15) is 0 Å². The van der Waals surface area contributed by atoms with E-state index in [1.165, 1.54) is 8.66 Å². The Labute approximate surface area is 136 Å². The summed E-state index contributed by atoms with van der Waals surface area (Å²) in [5.74, 6) is 0.488. The minimum absolute atomic E-state index is 0.0102. The van der Waals surface area contributed by atoms with Gasteiger partial charge in [0.25, 0.3) is 5.91 Å². The summed E-state index contributed by atoms with van der Waals surface area (Å²) >= 11 is 5.26. The Kier molecular flexibility index (Phi) is 4.47. The van der Waals surface area contributed by atoms with Gasteiger partial charge in [0.05, 0.1) is 10.0 Å². The van der Waals surface area contributed by atoms with Crippen molar-refractivity contribution in [2.24, 2.45) is 0 Å². The van der Waals surface area contributed by atoms with Crippen LogP contribution in [-0.4, -0.2) is 41.9 Å². The summed E-state index contributed by atoms with van der Waals surface area (Å²) in [7, 11) is 0. The molecule has 0 bridgehead atoms. The minimum Gasteiger partial charge on any atom is -0.459 e. The molecule has 112 valence electrons. The normalized spacial score (nSPS) is 16.4. The quantitative estimate of drug-likeness (QED) is 0.833. The highest BCUT2D eigenvalue weighted by atomic mass is 79.9. The van der Waals surface area contributed by atoms with Gasteiger partial charge in [0, 0.05) is 43.2 Å². The van der Waals surface area contributed by atoms with Gasteiger partial charge in [-0.05, 0) is 41.1 Å². The lowest BCUT2D eigenvalue weighted by atomic mass is 10.2. The molecule has 1 saturated heterocycles. The molecule has 0 radical (unpaired) electrons. The summed E-state index contributed by atoms with van der Waals surface area (Å²) in [6, 6.07) is 6.07. The van der Waals surface area contributed by atoms with E-state index in [0.717, 1.165) is 38.3 Å². The molecule has 0 saturated carbocycles. The fourth-order valence-electron chi connectivity index (χ4n) is 2.50. The predicted molar refractivity (Wildman–Crippen MR) is 86.6 cm³/mol. The second kappa shape index (κ2) is 6.34. The number of thiophene rings is 1. The van der Waals surface area contributed by atoms with E-state index >= 15 is 0 Å². The molecule has 1 aliphatic rings. The van der Waals surface area contributed by atoms with Crippen LogP contribution in [0.1, 0.15) is 21.0 Å². The summed E-state index contributed by atoms with van der Waals surface area (Å²) < 4.78 is 6.46. The van der Waals surface area contributed by atoms with Crippen LogP contribution in [0.15, 0.2) is 32.7 Å². The van der Waals surface area contributed by atoms with Crippen molar-refractivity contribution in [1.29, 1.82) is 0 Å². The average molecular weight is 369 g/mol. The number of piperazine rings is 1. The zero-order chi connectivity index (χ0) is 14.8. The van der Waals surface area contributed by atoms with Crippen molar-refractivity contribution in [3.05, 3.63) is 44.4 Å². The summed E-state index contributed by atoms with van der Waals surface area (Å²) in [6.45, 7) is 6.18. The molecule has 4 nitrogen and oxygen atoms in total. The monoisotopic (exact) mass is 368 g/mol. The Morgan fingerprint density at radius 1 is 1.29 bits per heavy atom. The van der Waals surface area contributed by atoms with Gasteiger partial charge in [-0.1, -0.05) is 0 Å². The first-order valence-corrected chi connectivity index (χ1v) is 8.54. The number of rotatable bonds is 3. The maximum atomic E-state index is 12.4. The number of furan rings is 1. The lowest BCUT2D eigenvalue weighted by Gasteiger charge is -2.34. The Hall–Kier alpha value is -1.11. The van der Waals surface area contributed by atoms with Crippen molar-refractivity contribution in [2.75, 3.05) is 26.2 Å². The maximum Gasteiger partial charge on any atom is 0.289 e. The van der Waals surface area contributed by atoms with E-state index in [9.17, 15) is 4.79 Å². The summed E-state index contributed by atoms with van der Waals surface area (Å²) in [6.07, 6.45) is 1.58. The van der Waals surface area contributed by atoms with Crippen LogP contribution in [0, 0.1) is 6.92 Å². The number of halogens is 1. The van der Waals surface area contributed by atoms with Crippen LogP contribution in [0.2, 0.25) is 0 Å². The number of aryl methyl sites for hydroxylation is 1. The highest BCUT2D eigenvalue weighted by Gasteiger charge is 2.25. The van der Waals surface area contributed by atoms with Gasteiger partial charge >= 0.3 is 0 Å². The molecule has 2 aromatic heterocycles. The first-order chi connectivity index (χ1) is 10.1. The highest BCUT2D eigenvalue weighted by Crippen LogP contribution is 2.24. The van der Waals surface area contributed by atoms with E-state index < -0.39 is 0 Å². The van der Waals surface area contributed by atoms with E-state index in [0.29, 0.717) is 5.76 Å². The van der Waals surface area contributed by atoms with E-state index in [-0.39, 0.29) is 5.91 Å². The third kappa shape index (κ3) is 3.39. The third-order valence-electron chi connectivity index (χ3n) is 3.72. The van der Waals surface area contributed by atoms with Crippen LogP contribution in [0.3, 0.4) is 0 Å². The SMILES string of the molecule is Cc1ccoc1C(=O)N1CCN(Cc2ccc(Br)s2)CC1. The molecular weight excluding hydrogens is 352 g/mol. The molecule has 0 spiro atoms. The Morgan fingerprint density at radius 2 is 2.05 bits per heavy atom. The fraction of sp³-hybridized carbons (Fsp3) is 0.400. The van der Waals surface area contributed by atoms with Gasteiger partial charge < -0.3 is 9.32 Å². The van der Waals surface area contributed by atoms with E-state index in [4.69, 9.17) is 4.42 Å². The van der Waals surface area contributed by atoms with Crippen molar-refractivity contribution in [1.82, 2.24) is 9.80 Å². The number of hydrogen-bond donors (Lipinski definition) is 0. The molecule has 0 unspecified atom stereocenters. The van der Waals surface area contributed by atoms with Gasteiger partial charge in [-0.25, -0.2) is 0 Å². The Bertz CT molecular complexity index is 629. The zero-order valence-electron chi connectivity index (χ0n) is 11.8. The molecule has 0 N–H and O–H groups in total. The van der Waals surface area contributed by atoms with Crippen LogP contribution in [0.4, 0.5) is 0 Å². The fourth-order valence-corrected chi connectivity index (χ4v) is 4.03. The maximum absolute atomic E-state index is 12.4. The van der Waals surface area contributed by atoms with Crippen LogP contribution < -0.4 is 0 Å². The van der Waals surface area contributed by atoms with Gasteiger partial charge in [-0.3, -0.25) is 9.69 Å². The van der Waals surface area contributed by atoms with E-state index in [1.54, 1.807) is 17.6 Å². The van der Waals surface area contributed by atoms with Crippen LogP contribution in [-0.2, 0) is 6.54 Å². The first-order valence-electron chi connectivity index (χ1n) is 6.93. The molecule has 0 atom stereocenters. The second-order valence-corrected chi connectivity index (χ2v) is 7.75. The van der Waals surface area contributed by atoms with Crippen LogP contribution in [0.25, 0.3) is 0 Å².